The Hall–Kier alpha value is -1.35. The number of unbranched alkanes of at least 4 members (excludes halogenated alkanes) is 1. The van der Waals surface area contributed by atoms with E-state index >= 15 is 0 Å². The van der Waals surface area contributed by atoms with Crippen molar-refractivity contribution in [2.75, 3.05) is 5.06 Å². The summed E-state index contributed by atoms with van der Waals surface area (Å²) in [5, 5.41) is 10.7. The van der Waals surface area contributed by atoms with Gasteiger partial charge >= 0.3 is 0 Å². The van der Waals surface area contributed by atoms with Gasteiger partial charge < -0.3 is 0 Å². The normalized spacial score (nSPS) is 12.2. The third kappa shape index (κ3) is 3.86. The van der Waals surface area contributed by atoms with Crippen molar-refractivity contribution in [3.8, 4) is 0 Å². The Morgan fingerprint density at radius 2 is 1.94 bits per heavy atom. The van der Waals surface area contributed by atoms with Crippen molar-refractivity contribution in [2.24, 2.45) is 5.92 Å². The minimum atomic E-state index is -0.202. The van der Waals surface area contributed by atoms with Gasteiger partial charge in [-0.05, 0) is 25.0 Å². The van der Waals surface area contributed by atoms with E-state index in [0.717, 1.165) is 30.7 Å². The van der Waals surface area contributed by atoms with E-state index in [0.29, 0.717) is 5.69 Å². The Bertz CT molecular complexity index is 337. The first kappa shape index (κ1) is 13.7. The predicted octanol–water partition coefficient (Wildman–Crippen LogP) is 3.63. The number of carbonyl (C=O) groups is 1. The van der Waals surface area contributed by atoms with Gasteiger partial charge in [0.2, 0.25) is 0 Å². The first-order chi connectivity index (χ1) is 8.20. The number of rotatable bonds is 6. The number of carbonyl (C=O) groups excluding carboxylic acids is 1. The molecule has 0 spiro atoms. The molecule has 1 rings (SSSR count). The van der Waals surface area contributed by atoms with E-state index in [1.807, 2.05) is 13.0 Å². The highest BCUT2D eigenvalue weighted by Crippen LogP contribution is 2.19. The van der Waals surface area contributed by atoms with Crippen LogP contribution in [-0.4, -0.2) is 11.1 Å². The summed E-state index contributed by atoms with van der Waals surface area (Å²) in [4.78, 5) is 12.1. The van der Waals surface area contributed by atoms with E-state index in [2.05, 4.69) is 6.92 Å². The fourth-order valence-electron chi connectivity index (χ4n) is 1.82. The van der Waals surface area contributed by atoms with Gasteiger partial charge in [0.05, 0.1) is 5.69 Å². The fourth-order valence-corrected chi connectivity index (χ4v) is 1.82. The maximum Gasteiger partial charge on any atom is 0.253 e. The van der Waals surface area contributed by atoms with Crippen LogP contribution in [-0.2, 0) is 4.79 Å². The van der Waals surface area contributed by atoms with Gasteiger partial charge in [0.15, 0.2) is 0 Å². The highest BCUT2D eigenvalue weighted by molar-refractivity contribution is 5.92. The number of amides is 1. The van der Waals surface area contributed by atoms with E-state index in [1.165, 1.54) is 0 Å². The molecule has 0 aliphatic heterocycles. The highest BCUT2D eigenvalue weighted by atomic mass is 16.5. The molecule has 1 unspecified atom stereocenters. The number of hydrogen-bond acceptors (Lipinski definition) is 2. The number of nitrogens with zero attached hydrogens (tertiary/aromatic N) is 1. The van der Waals surface area contributed by atoms with E-state index in [4.69, 9.17) is 0 Å². The summed E-state index contributed by atoms with van der Waals surface area (Å²) in [7, 11) is 0. The van der Waals surface area contributed by atoms with Crippen LogP contribution in [0.5, 0.6) is 0 Å². The first-order valence-electron chi connectivity index (χ1n) is 6.28. The molecular weight excluding hydrogens is 214 g/mol. The molecule has 0 aliphatic rings. The molecule has 0 fully saturated rings. The van der Waals surface area contributed by atoms with Crippen LogP contribution in [0.25, 0.3) is 0 Å². The molecular formula is C14H21NO2. The van der Waals surface area contributed by atoms with E-state index < -0.39 is 0 Å². The van der Waals surface area contributed by atoms with Gasteiger partial charge in [-0.2, -0.15) is 5.06 Å². The molecule has 3 heteroatoms. The molecule has 3 nitrogen and oxygen atoms in total. The van der Waals surface area contributed by atoms with Crippen LogP contribution in [0.15, 0.2) is 30.3 Å². The monoisotopic (exact) mass is 235 g/mol. The molecule has 1 aromatic rings. The maximum absolute atomic E-state index is 12.1. The topological polar surface area (TPSA) is 40.5 Å². The molecule has 0 heterocycles. The Morgan fingerprint density at radius 3 is 2.47 bits per heavy atom. The summed E-state index contributed by atoms with van der Waals surface area (Å²) < 4.78 is 0. The zero-order chi connectivity index (χ0) is 12.7. The molecule has 0 bridgehead atoms. The summed E-state index contributed by atoms with van der Waals surface area (Å²) in [5.74, 6) is -0.285. The van der Waals surface area contributed by atoms with Crippen LogP contribution in [0.1, 0.15) is 39.5 Å². The van der Waals surface area contributed by atoms with Crippen molar-refractivity contribution in [3.05, 3.63) is 30.3 Å². The van der Waals surface area contributed by atoms with Crippen LogP contribution >= 0.6 is 0 Å². The Labute approximate surface area is 103 Å². The van der Waals surface area contributed by atoms with E-state index in [9.17, 15) is 10.0 Å². The molecule has 0 radical (unpaired) electrons. The third-order valence-corrected chi connectivity index (χ3v) is 2.96. The number of benzene rings is 1. The minimum absolute atomic E-state index is 0.0832. The molecule has 1 amide bonds. The fraction of sp³-hybridized carbons (Fsp3) is 0.500. The average Bonchev–Trinajstić information content (AvgIpc) is 2.39. The lowest BCUT2D eigenvalue weighted by molar-refractivity contribution is -0.128. The molecule has 0 aromatic heterocycles. The quantitative estimate of drug-likeness (QED) is 0.604. The molecule has 17 heavy (non-hydrogen) atoms. The average molecular weight is 235 g/mol. The number of hydrogen-bond donors (Lipinski definition) is 1. The van der Waals surface area contributed by atoms with Gasteiger partial charge in [-0.15, -0.1) is 0 Å². The third-order valence-electron chi connectivity index (χ3n) is 2.96. The van der Waals surface area contributed by atoms with Crippen LogP contribution in [0.4, 0.5) is 5.69 Å². The molecule has 1 aromatic carbocycles. The van der Waals surface area contributed by atoms with E-state index in [1.54, 1.807) is 24.3 Å². The first-order valence-corrected chi connectivity index (χ1v) is 6.28. The van der Waals surface area contributed by atoms with Gasteiger partial charge in [-0.1, -0.05) is 44.9 Å². The number of anilines is 1. The molecule has 1 atom stereocenters. The summed E-state index contributed by atoms with van der Waals surface area (Å²) in [6.45, 7) is 4.09. The maximum atomic E-state index is 12.1. The number of para-hydroxylation sites is 1. The van der Waals surface area contributed by atoms with Gasteiger partial charge in [0.1, 0.15) is 0 Å². The van der Waals surface area contributed by atoms with Crippen molar-refractivity contribution < 1.29 is 10.0 Å². The SMILES string of the molecule is CCCCC(CC)C(=O)N(O)c1ccccc1. The number of hydroxylamine groups is 1. The van der Waals surface area contributed by atoms with Crippen LogP contribution in [0.2, 0.25) is 0 Å². The van der Waals surface area contributed by atoms with Gasteiger partial charge in [-0.25, -0.2) is 0 Å². The lowest BCUT2D eigenvalue weighted by atomic mass is 9.98. The van der Waals surface area contributed by atoms with Gasteiger partial charge in [-0.3, -0.25) is 10.0 Å². The van der Waals surface area contributed by atoms with Gasteiger partial charge in [0, 0.05) is 5.92 Å². The predicted molar refractivity (Wildman–Crippen MR) is 69.0 cm³/mol. The molecule has 0 aliphatic carbocycles. The van der Waals surface area contributed by atoms with Gasteiger partial charge in [0.25, 0.3) is 5.91 Å². The Kier molecular flexibility index (Phi) is 5.70. The second-order valence-electron chi connectivity index (χ2n) is 4.23. The van der Waals surface area contributed by atoms with Crippen molar-refractivity contribution in [3.63, 3.8) is 0 Å². The van der Waals surface area contributed by atoms with Crippen molar-refractivity contribution >= 4 is 11.6 Å². The smallest absolute Gasteiger partial charge is 0.253 e. The molecule has 1 N–H and O–H groups in total. The van der Waals surface area contributed by atoms with Crippen molar-refractivity contribution in [2.45, 2.75) is 39.5 Å². The minimum Gasteiger partial charge on any atom is -0.281 e. The van der Waals surface area contributed by atoms with Crippen LogP contribution in [0.3, 0.4) is 0 Å². The lowest BCUT2D eigenvalue weighted by Gasteiger charge is -2.20. The van der Waals surface area contributed by atoms with Crippen molar-refractivity contribution in [1.82, 2.24) is 0 Å². The largest absolute Gasteiger partial charge is 0.281 e. The molecule has 94 valence electrons. The van der Waals surface area contributed by atoms with Crippen LogP contribution < -0.4 is 5.06 Å². The molecule has 0 saturated heterocycles. The highest BCUT2D eigenvalue weighted by Gasteiger charge is 2.22. The lowest BCUT2D eigenvalue weighted by Crippen LogP contribution is -2.33. The molecule has 0 saturated carbocycles. The summed E-state index contributed by atoms with van der Waals surface area (Å²) in [5.41, 5.74) is 0.535. The standard InChI is InChI=1S/C14H21NO2/c1-3-5-9-12(4-2)14(16)15(17)13-10-7-6-8-11-13/h6-8,10-12,17H,3-5,9H2,1-2H3. The van der Waals surface area contributed by atoms with Crippen LogP contribution in [0, 0.1) is 5.92 Å². The zero-order valence-corrected chi connectivity index (χ0v) is 10.6. The Balaban J connectivity index is 2.67. The summed E-state index contributed by atoms with van der Waals surface area (Å²) in [6, 6.07) is 8.92. The zero-order valence-electron chi connectivity index (χ0n) is 10.6. The second kappa shape index (κ2) is 7.07. The second-order valence-corrected chi connectivity index (χ2v) is 4.23. The van der Waals surface area contributed by atoms with E-state index in [-0.39, 0.29) is 11.8 Å². The summed E-state index contributed by atoms with van der Waals surface area (Å²) >= 11 is 0. The summed E-state index contributed by atoms with van der Waals surface area (Å²) in [6.07, 6.45) is 3.70. The van der Waals surface area contributed by atoms with Crippen molar-refractivity contribution in [1.29, 1.82) is 0 Å². The Morgan fingerprint density at radius 1 is 1.29 bits per heavy atom.